The molecule has 1 N–H and O–H groups in total. The fraction of sp³-hybridized carbons (Fsp3) is 0.188. The highest BCUT2D eigenvalue weighted by Crippen LogP contribution is 2.45. The molecule has 1 aromatic carbocycles. The van der Waals surface area contributed by atoms with Crippen LogP contribution in [0.25, 0.3) is 5.78 Å². The molecule has 1 fully saturated rings. The van der Waals surface area contributed by atoms with Gasteiger partial charge in [-0.15, -0.1) is 0 Å². The number of phenolic OH excluding ortho intramolecular Hbond substituents is 1. The Morgan fingerprint density at radius 2 is 1.96 bits per heavy atom. The van der Waals surface area contributed by atoms with Gasteiger partial charge in [-0.25, -0.2) is 18.7 Å². The molecular weight excluding hydrogens is 464 g/mol. The number of rotatable bonds is 3. The van der Waals surface area contributed by atoms with Crippen LogP contribution >= 0.6 is 31.9 Å². The van der Waals surface area contributed by atoms with Crippen LogP contribution in [0.4, 0.5) is 8.78 Å². The topological polar surface area (TPSA) is 67.5 Å². The van der Waals surface area contributed by atoms with Gasteiger partial charge < -0.3 is 5.11 Å². The minimum absolute atomic E-state index is 0.0476. The Balaban J connectivity index is 1.93. The second kappa shape index (κ2) is 5.84. The third-order valence-electron chi connectivity index (χ3n) is 4.03. The Hall–Kier alpha value is -1.87. The zero-order valence-electron chi connectivity index (χ0n) is 12.4. The van der Waals surface area contributed by atoms with E-state index in [1.807, 2.05) is 0 Å². The van der Waals surface area contributed by atoms with Gasteiger partial charge in [-0.05, 0) is 50.4 Å². The maximum Gasteiger partial charge on any atom is 0.234 e. The zero-order chi connectivity index (χ0) is 17.9. The second-order valence-corrected chi connectivity index (χ2v) is 7.47. The summed E-state index contributed by atoms with van der Waals surface area (Å²) < 4.78 is 29.1. The lowest BCUT2D eigenvalue weighted by molar-refractivity contribution is 0.103. The maximum atomic E-state index is 13.6. The zero-order valence-corrected chi connectivity index (χ0v) is 15.6. The Labute approximate surface area is 157 Å². The van der Waals surface area contributed by atoms with Crippen LogP contribution in [-0.2, 0) is 0 Å². The van der Waals surface area contributed by atoms with Gasteiger partial charge in [-0.1, -0.05) is 0 Å². The van der Waals surface area contributed by atoms with Gasteiger partial charge in [-0.3, -0.25) is 9.20 Å². The van der Waals surface area contributed by atoms with E-state index >= 15 is 0 Å². The quantitative estimate of drug-likeness (QED) is 0.581. The molecule has 0 spiro atoms. The lowest BCUT2D eigenvalue weighted by Crippen LogP contribution is -2.09. The molecule has 5 nitrogen and oxygen atoms in total. The molecule has 3 aromatic rings. The monoisotopic (exact) mass is 471 g/mol. The predicted octanol–water partition coefficient (Wildman–Crippen LogP) is 4.16. The van der Waals surface area contributed by atoms with Crippen LogP contribution in [-0.4, -0.2) is 31.4 Å². The van der Waals surface area contributed by atoms with Crippen LogP contribution in [0.15, 0.2) is 33.5 Å². The fourth-order valence-corrected chi connectivity index (χ4v) is 3.88. The number of halogens is 4. The molecule has 0 radical (unpaired) electrons. The van der Waals surface area contributed by atoms with Crippen LogP contribution in [0.3, 0.4) is 0 Å². The molecule has 1 aliphatic rings. The lowest BCUT2D eigenvalue weighted by Gasteiger charge is -2.07. The van der Waals surface area contributed by atoms with Crippen molar-refractivity contribution in [2.45, 2.75) is 18.5 Å². The van der Waals surface area contributed by atoms with E-state index in [9.17, 15) is 18.7 Å². The van der Waals surface area contributed by atoms with Crippen molar-refractivity contribution < 1.29 is 18.7 Å². The normalized spacial score (nSPS) is 19.4. The number of aromatic hydroxyl groups is 1. The van der Waals surface area contributed by atoms with E-state index in [1.165, 1.54) is 16.5 Å². The number of carbonyl (C=O) groups excluding carboxylic acids is 1. The number of benzene rings is 1. The molecule has 25 heavy (non-hydrogen) atoms. The summed E-state index contributed by atoms with van der Waals surface area (Å²) in [6, 6.07) is 2.89. The molecule has 0 amide bonds. The molecule has 128 valence electrons. The van der Waals surface area contributed by atoms with Crippen LogP contribution in [0.2, 0.25) is 0 Å². The largest absolute Gasteiger partial charge is 0.506 e. The summed E-state index contributed by atoms with van der Waals surface area (Å²) in [6.45, 7) is 0. The smallest absolute Gasteiger partial charge is 0.234 e. The van der Waals surface area contributed by atoms with E-state index in [0.29, 0.717) is 8.95 Å². The number of ketones is 1. The van der Waals surface area contributed by atoms with Gasteiger partial charge in [0.25, 0.3) is 0 Å². The number of hydrogen-bond acceptors (Lipinski definition) is 4. The number of alkyl halides is 1. The molecular formula is C16H9Br2F2N3O2. The lowest BCUT2D eigenvalue weighted by atomic mass is 10.0. The Morgan fingerprint density at radius 1 is 1.32 bits per heavy atom. The first-order valence-corrected chi connectivity index (χ1v) is 8.85. The number of nitrogens with zero attached hydrogens (tertiary/aromatic N) is 3. The maximum absolute atomic E-state index is 13.6. The van der Waals surface area contributed by atoms with Crippen LogP contribution in [0, 0.1) is 5.82 Å². The third kappa shape index (κ3) is 2.75. The average Bonchev–Trinajstić information content (AvgIpc) is 3.17. The van der Waals surface area contributed by atoms with Crippen molar-refractivity contribution in [3.63, 3.8) is 0 Å². The predicted molar refractivity (Wildman–Crippen MR) is 92.1 cm³/mol. The molecule has 2 atom stereocenters. The SMILES string of the molecule is O=C(c1cc(Br)c(O)c(Br)c1)c1c([C@@H]2C[C@H]2F)nc2ncc(F)cn12. The first-order chi connectivity index (χ1) is 11.9. The number of carbonyl (C=O) groups is 1. The summed E-state index contributed by atoms with van der Waals surface area (Å²) in [5, 5.41) is 9.81. The molecule has 0 aliphatic heterocycles. The average molecular weight is 473 g/mol. The third-order valence-corrected chi connectivity index (χ3v) is 5.24. The van der Waals surface area contributed by atoms with Crippen molar-refractivity contribution in [1.82, 2.24) is 14.4 Å². The van der Waals surface area contributed by atoms with Crippen molar-refractivity contribution in [3.8, 4) is 5.75 Å². The molecule has 4 rings (SSSR count). The van der Waals surface area contributed by atoms with E-state index in [2.05, 4.69) is 41.8 Å². The van der Waals surface area contributed by atoms with E-state index in [1.54, 1.807) is 0 Å². The van der Waals surface area contributed by atoms with Crippen LogP contribution in [0.5, 0.6) is 5.75 Å². The Kier molecular flexibility index (Phi) is 3.88. The van der Waals surface area contributed by atoms with Gasteiger partial charge in [0.2, 0.25) is 11.6 Å². The van der Waals surface area contributed by atoms with Crippen molar-refractivity contribution >= 4 is 43.4 Å². The van der Waals surface area contributed by atoms with Crippen molar-refractivity contribution in [2.75, 3.05) is 0 Å². The van der Waals surface area contributed by atoms with Gasteiger partial charge in [-0.2, -0.15) is 0 Å². The summed E-state index contributed by atoms with van der Waals surface area (Å²) in [7, 11) is 0. The van der Waals surface area contributed by atoms with Crippen LogP contribution in [0.1, 0.15) is 34.1 Å². The molecule has 0 unspecified atom stereocenters. The highest BCUT2D eigenvalue weighted by atomic mass is 79.9. The molecule has 2 heterocycles. The van der Waals surface area contributed by atoms with Gasteiger partial charge >= 0.3 is 0 Å². The number of phenols is 1. The summed E-state index contributed by atoms with van der Waals surface area (Å²) in [6.07, 6.45) is 1.30. The minimum atomic E-state index is -1.07. The summed E-state index contributed by atoms with van der Waals surface area (Å²) in [4.78, 5) is 21.1. The standard InChI is InChI=1S/C16H9Br2F2N3O2/c17-9-1-6(2-10(18)15(9)25)14(24)13-12(8-3-11(8)20)22-16-21-4-7(19)5-23(13)16/h1-2,4-5,8,11,25H,3H2/t8-,11-/m1/s1. The minimum Gasteiger partial charge on any atom is -0.506 e. The molecule has 1 saturated carbocycles. The van der Waals surface area contributed by atoms with Crippen molar-refractivity contribution in [3.05, 3.63) is 56.2 Å². The number of hydrogen-bond donors (Lipinski definition) is 1. The number of fused-ring (bicyclic) bond motifs is 1. The van der Waals surface area contributed by atoms with Crippen LogP contribution < -0.4 is 0 Å². The highest BCUT2D eigenvalue weighted by molar-refractivity contribution is 9.11. The van der Waals surface area contributed by atoms with Gasteiger partial charge in [0.1, 0.15) is 17.6 Å². The van der Waals surface area contributed by atoms with Crippen molar-refractivity contribution in [2.24, 2.45) is 0 Å². The van der Waals surface area contributed by atoms with E-state index in [0.717, 1.165) is 12.4 Å². The van der Waals surface area contributed by atoms with E-state index < -0.39 is 23.7 Å². The Morgan fingerprint density at radius 3 is 2.56 bits per heavy atom. The molecule has 9 heteroatoms. The molecule has 0 saturated heterocycles. The van der Waals surface area contributed by atoms with Gasteiger partial charge in [0, 0.05) is 11.5 Å². The fourth-order valence-electron chi connectivity index (χ4n) is 2.69. The van der Waals surface area contributed by atoms with Gasteiger partial charge in [0.05, 0.1) is 27.0 Å². The number of imidazole rings is 1. The first kappa shape index (κ1) is 16.6. The first-order valence-electron chi connectivity index (χ1n) is 7.27. The second-order valence-electron chi connectivity index (χ2n) is 5.76. The van der Waals surface area contributed by atoms with Gasteiger partial charge in [0.15, 0.2) is 5.82 Å². The summed E-state index contributed by atoms with van der Waals surface area (Å²) >= 11 is 6.34. The molecule has 1 aliphatic carbocycles. The molecule has 2 aromatic heterocycles. The van der Waals surface area contributed by atoms with E-state index in [-0.39, 0.29) is 34.9 Å². The van der Waals surface area contributed by atoms with E-state index in [4.69, 9.17) is 0 Å². The van der Waals surface area contributed by atoms with Crippen molar-refractivity contribution in [1.29, 1.82) is 0 Å². The number of aromatic nitrogens is 3. The summed E-state index contributed by atoms with van der Waals surface area (Å²) in [5.41, 5.74) is 0.590. The Bertz CT molecular complexity index is 1010. The summed E-state index contributed by atoms with van der Waals surface area (Å²) in [5.74, 6) is -1.50. The highest BCUT2D eigenvalue weighted by Gasteiger charge is 2.44. The molecule has 0 bridgehead atoms.